The van der Waals surface area contributed by atoms with Crippen LogP contribution in [0.15, 0.2) is 0 Å². The van der Waals surface area contributed by atoms with Gasteiger partial charge in [0.15, 0.2) is 0 Å². The van der Waals surface area contributed by atoms with Crippen LogP contribution in [0.5, 0.6) is 0 Å². The molecular weight excluding hydrogens is 250 g/mol. The maximum absolute atomic E-state index is 11.9. The Hall–Kier alpha value is -0.260. The van der Waals surface area contributed by atoms with Crippen LogP contribution in [-0.2, 0) is 9.53 Å². The Kier molecular flexibility index (Phi) is 9.50. The number of ether oxygens (including phenoxy) is 1. The Labute approximate surface area is 115 Å². The highest BCUT2D eigenvalue weighted by molar-refractivity contribution is 7.99. The van der Waals surface area contributed by atoms with Crippen LogP contribution in [0.2, 0.25) is 0 Å². The predicted molar refractivity (Wildman–Crippen MR) is 76.9 cm³/mol. The fourth-order valence-electron chi connectivity index (χ4n) is 1.56. The third kappa shape index (κ3) is 6.61. The summed E-state index contributed by atoms with van der Waals surface area (Å²) in [5.41, 5.74) is -0.597. The van der Waals surface area contributed by atoms with E-state index in [1.165, 1.54) is 0 Å². The summed E-state index contributed by atoms with van der Waals surface area (Å²) in [6.07, 6.45) is 0.739. The van der Waals surface area contributed by atoms with Gasteiger partial charge in [0.1, 0.15) is 5.54 Å². The smallest absolute Gasteiger partial charge is 0.326 e. The van der Waals surface area contributed by atoms with Gasteiger partial charge in [-0.15, -0.1) is 0 Å². The first kappa shape index (κ1) is 17.7. The molecule has 0 spiro atoms. The molecule has 0 aromatic heterocycles. The van der Waals surface area contributed by atoms with Crippen LogP contribution in [0.1, 0.15) is 34.1 Å². The second-order valence-electron chi connectivity index (χ2n) is 4.70. The number of carbonyl (C=O) groups is 1. The zero-order valence-corrected chi connectivity index (χ0v) is 12.8. The molecule has 0 radical (unpaired) electrons. The molecule has 0 bridgehead atoms. The highest BCUT2D eigenvalue weighted by Crippen LogP contribution is 2.18. The summed E-state index contributed by atoms with van der Waals surface area (Å²) < 4.78 is 5.11. The molecule has 0 aliphatic rings. The third-order valence-corrected chi connectivity index (χ3v) is 4.05. The first-order valence-corrected chi connectivity index (χ1v) is 7.76. The fraction of sp³-hybridized carbons (Fsp3) is 0.923. The van der Waals surface area contributed by atoms with Gasteiger partial charge in [-0.3, -0.25) is 4.79 Å². The lowest BCUT2D eigenvalue weighted by Crippen LogP contribution is -2.50. The highest BCUT2D eigenvalue weighted by Gasteiger charge is 2.33. The van der Waals surface area contributed by atoms with Crippen LogP contribution < -0.4 is 5.32 Å². The van der Waals surface area contributed by atoms with Gasteiger partial charge in [-0.1, -0.05) is 13.8 Å². The van der Waals surface area contributed by atoms with E-state index >= 15 is 0 Å². The number of hydrogen-bond acceptors (Lipinski definition) is 5. The zero-order chi connectivity index (χ0) is 14.0. The number of aliphatic hydroxyl groups excluding tert-OH is 1. The van der Waals surface area contributed by atoms with Crippen molar-refractivity contribution in [1.29, 1.82) is 0 Å². The molecule has 0 aromatic carbocycles. The standard InChI is InChI=1S/C13H27NO3S/c1-5-14-13(4,12(16)17-6-2)7-8-18-10-11(3)9-15/h11,14-15H,5-10H2,1-4H3. The Balaban J connectivity index is 4.14. The molecule has 0 amide bonds. The van der Waals surface area contributed by atoms with Crippen LogP contribution >= 0.6 is 11.8 Å². The molecule has 0 heterocycles. The molecule has 5 heteroatoms. The first-order valence-electron chi connectivity index (χ1n) is 6.61. The van der Waals surface area contributed by atoms with E-state index in [1.807, 2.05) is 27.7 Å². The lowest BCUT2D eigenvalue weighted by molar-refractivity contribution is -0.150. The van der Waals surface area contributed by atoms with Gasteiger partial charge in [0.2, 0.25) is 0 Å². The normalized spacial score (nSPS) is 16.1. The minimum atomic E-state index is -0.597. The van der Waals surface area contributed by atoms with Gasteiger partial charge in [-0.05, 0) is 44.2 Å². The van der Waals surface area contributed by atoms with Crippen LogP contribution in [-0.4, -0.2) is 47.9 Å². The first-order chi connectivity index (χ1) is 8.50. The SMILES string of the molecule is CCNC(C)(CCSCC(C)CO)C(=O)OCC. The summed E-state index contributed by atoms with van der Waals surface area (Å²) in [6, 6.07) is 0. The molecule has 0 saturated carbocycles. The van der Waals surface area contributed by atoms with E-state index in [4.69, 9.17) is 9.84 Å². The minimum absolute atomic E-state index is 0.178. The summed E-state index contributed by atoms with van der Waals surface area (Å²) in [4.78, 5) is 11.9. The molecule has 0 fully saturated rings. The molecular formula is C13H27NO3S. The summed E-state index contributed by atoms with van der Waals surface area (Å²) in [5, 5.41) is 12.1. The van der Waals surface area contributed by atoms with Crippen LogP contribution in [0.3, 0.4) is 0 Å². The number of carbonyl (C=O) groups excluding carboxylic acids is 1. The second-order valence-corrected chi connectivity index (χ2v) is 5.85. The van der Waals surface area contributed by atoms with Crippen molar-refractivity contribution in [3.63, 3.8) is 0 Å². The number of likely N-dealkylation sites (N-methyl/N-ethyl adjacent to an activating group) is 1. The van der Waals surface area contributed by atoms with Gasteiger partial charge < -0.3 is 15.2 Å². The Morgan fingerprint density at radius 2 is 2.17 bits per heavy atom. The molecule has 0 aliphatic heterocycles. The molecule has 2 atom stereocenters. The van der Waals surface area contributed by atoms with Crippen LogP contribution in [0, 0.1) is 5.92 Å². The molecule has 2 N–H and O–H groups in total. The summed E-state index contributed by atoms with van der Waals surface area (Å²) >= 11 is 1.77. The lowest BCUT2D eigenvalue weighted by atomic mass is 9.99. The number of esters is 1. The molecule has 2 unspecified atom stereocenters. The Morgan fingerprint density at radius 1 is 1.50 bits per heavy atom. The van der Waals surface area contributed by atoms with E-state index in [9.17, 15) is 4.79 Å². The van der Waals surface area contributed by atoms with Crippen molar-refractivity contribution < 1.29 is 14.6 Å². The van der Waals surface area contributed by atoms with Crippen molar-refractivity contribution in [2.45, 2.75) is 39.7 Å². The maximum Gasteiger partial charge on any atom is 0.326 e. The third-order valence-electron chi connectivity index (χ3n) is 2.75. The Morgan fingerprint density at radius 3 is 2.67 bits per heavy atom. The largest absolute Gasteiger partial charge is 0.465 e. The van der Waals surface area contributed by atoms with Crippen LogP contribution in [0.25, 0.3) is 0 Å². The topological polar surface area (TPSA) is 58.6 Å². The average Bonchev–Trinajstić information content (AvgIpc) is 2.35. The van der Waals surface area contributed by atoms with E-state index in [2.05, 4.69) is 5.32 Å². The van der Waals surface area contributed by atoms with Crippen molar-refractivity contribution in [3.05, 3.63) is 0 Å². The number of aliphatic hydroxyl groups is 1. The predicted octanol–water partition coefficient (Wildman–Crippen LogP) is 1.67. The fourth-order valence-corrected chi connectivity index (χ4v) is 2.78. The average molecular weight is 277 g/mol. The van der Waals surface area contributed by atoms with Gasteiger partial charge >= 0.3 is 5.97 Å². The van der Waals surface area contributed by atoms with Gasteiger partial charge in [0.25, 0.3) is 0 Å². The molecule has 4 nitrogen and oxygen atoms in total. The van der Waals surface area contributed by atoms with E-state index in [-0.39, 0.29) is 12.6 Å². The van der Waals surface area contributed by atoms with Crippen molar-refractivity contribution in [2.75, 3.05) is 31.3 Å². The Bertz CT molecular complexity index is 238. The maximum atomic E-state index is 11.9. The van der Waals surface area contributed by atoms with Crippen molar-refractivity contribution in [2.24, 2.45) is 5.92 Å². The zero-order valence-electron chi connectivity index (χ0n) is 12.0. The number of nitrogens with one attached hydrogen (secondary N) is 1. The molecule has 0 aliphatic carbocycles. The molecule has 0 aromatic rings. The monoisotopic (exact) mass is 277 g/mol. The van der Waals surface area contributed by atoms with Crippen molar-refractivity contribution in [1.82, 2.24) is 5.32 Å². The molecule has 18 heavy (non-hydrogen) atoms. The van der Waals surface area contributed by atoms with Crippen molar-refractivity contribution in [3.8, 4) is 0 Å². The molecule has 0 saturated heterocycles. The minimum Gasteiger partial charge on any atom is -0.465 e. The second kappa shape index (κ2) is 9.64. The number of rotatable bonds is 10. The quantitative estimate of drug-likeness (QED) is 0.470. The van der Waals surface area contributed by atoms with Gasteiger partial charge in [-0.25, -0.2) is 0 Å². The number of hydrogen-bond donors (Lipinski definition) is 2. The van der Waals surface area contributed by atoms with Crippen LogP contribution in [0.4, 0.5) is 0 Å². The van der Waals surface area contributed by atoms with E-state index in [1.54, 1.807) is 11.8 Å². The van der Waals surface area contributed by atoms with Gasteiger partial charge in [-0.2, -0.15) is 11.8 Å². The van der Waals surface area contributed by atoms with E-state index in [0.29, 0.717) is 12.5 Å². The summed E-state index contributed by atoms with van der Waals surface area (Å²) in [5.74, 6) is 1.93. The van der Waals surface area contributed by atoms with E-state index in [0.717, 1.165) is 24.5 Å². The highest BCUT2D eigenvalue weighted by atomic mass is 32.2. The van der Waals surface area contributed by atoms with E-state index < -0.39 is 5.54 Å². The summed E-state index contributed by atoms with van der Waals surface area (Å²) in [7, 11) is 0. The lowest BCUT2D eigenvalue weighted by Gasteiger charge is -2.28. The molecule has 0 rings (SSSR count). The number of thioether (sulfide) groups is 1. The van der Waals surface area contributed by atoms with Crippen molar-refractivity contribution >= 4 is 17.7 Å². The van der Waals surface area contributed by atoms with Gasteiger partial charge in [0, 0.05) is 6.61 Å². The van der Waals surface area contributed by atoms with Gasteiger partial charge in [0.05, 0.1) is 6.61 Å². The molecule has 108 valence electrons. The summed E-state index contributed by atoms with van der Waals surface area (Å²) in [6.45, 7) is 9.09.